The zero-order chi connectivity index (χ0) is 22.3. The summed E-state index contributed by atoms with van der Waals surface area (Å²) in [6, 6.07) is 10.4. The van der Waals surface area contributed by atoms with Gasteiger partial charge in [-0.25, -0.2) is 17.7 Å². The third-order valence-electron chi connectivity index (χ3n) is 6.56. The SMILES string of the molecule is O=C(CCS(=O)(=O)c1ccc2cc(Cl)ccc2c1)[N+]1(C2=CSC3=NCCN23)CCCCC1. The van der Waals surface area contributed by atoms with E-state index in [2.05, 4.69) is 9.89 Å². The van der Waals surface area contributed by atoms with E-state index in [9.17, 15) is 13.2 Å². The van der Waals surface area contributed by atoms with E-state index < -0.39 is 9.84 Å². The van der Waals surface area contributed by atoms with Crippen LogP contribution in [0.15, 0.2) is 57.5 Å². The predicted molar refractivity (Wildman–Crippen MR) is 129 cm³/mol. The summed E-state index contributed by atoms with van der Waals surface area (Å²) in [6.45, 7) is 2.99. The predicted octanol–water partition coefficient (Wildman–Crippen LogP) is 4.40. The van der Waals surface area contributed by atoms with Crippen LogP contribution >= 0.6 is 23.4 Å². The van der Waals surface area contributed by atoms with Crippen LogP contribution in [-0.4, -0.2) is 60.8 Å². The summed E-state index contributed by atoms with van der Waals surface area (Å²) in [6.07, 6.45) is 3.04. The highest BCUT2D eigenvalue weighted by molar-refractivity contribution is 8.16. The Kier molecular flexibility index (Phi) is 5.82. The second kappa shape index (κ2) is 8.48. The average molecular weight is 491 g/mol. The summed E-state index contributed by atoms with van der Waals surface area (Å²) in [4.78, 5) is 20.5. The fourth-order valence-corrected chi connectivity index (χ4v) is 7.30. The van der Waals surface area contributed by atoms with Crippen molar-refractivity contribution in [3.05, 3.63) is 52.6 Å². The van der Waals surface area contributed by atoms with Crippen LogP contribution < -0.4 is 0 Å². The Morgan fingerprint density at radius 1 is 1.09 bits per heavy atom. The molecule has 0 saturated carbocycles. The maximum Gasteiger partial charge on any atom is 0.321 e. The highest BCUT2D eigenvalue weighted by atomic mass is 35.5. The third-order valence-corrected chi connectivity index (χ3v) is 9.40. The van der Waals surface area contributed by atoms with Crippen molar-refractivity contribution in [1.29, 1.82) is 0 Å². The fourth-order valence-electron chi connectivity index (χ4n) is 4.84. The maximum absolute atomic E-state index is 13.6. The molecular formula is C23H25ClN3O3S2+. The molecule has 1 amide bonds. The van der Waals surface area contributed by atoms with Crippen LogP contribution in [0.5, 0.6) is 0 Å². The number of carbonyl (C=O) groups is 1. The largest absolute Gasteiger partial charge is 0.321 e. The Bertz CT molecular complexity index is 1250. The number of likely N-dealkylation sites (tertiary alicyclic amines) is 1. The summed E-state index contributed by atoms with van der Waals surface area (Å²) in [5.74, 6) is 0.781. The van der Waals surface area contributed by atoms with E-state index in [-0.39, 0.29) is 27.5 Å². The van der Waals surface area contributed by atoms with Gasteiger partial charge in [0, 0.05) is 11.6 Å². The first-order valence-corrected chi connectivity index (χ1v) is 13.8. The van der Waals surface area contributed by atoms with Crippen molar-refractivity contribution < 1.29 is 17.7 Å². The molecule has 0 bridgehead atoms. The summed E-state index contributed by atoms with van der Waals surface area (Å²) in [5, 5.41) is 5.32. The normalized spacial score (nSPS) is 20.2. The van der Waals surface area contributed by atoms with Gasteiger partial charge in [0.2, 0.25) is 5.82 Å². The quantitative estimate of drug-likeness (QED) is 0.581. The number of hydrogen-bond donors (Lipinski definition) is 0. The van der Waals surface area contributed by atoms with E-state index >= 15 is 0 Å². The number of hydrogen-bond acceptors (Lipinski definition) is 6. The van der Waals surface area contributed by atoms with Crippen LogP contribution in [-0.2, 0) is 14.6 Å². The summed E-state index contributed by atoms with van der Waals surface area (Å²) in [5.41, 5.74) is 0. The summed E-state index contributed by atoms with van der Waals surface area (Å²) >= 11 is 7.60. The lowest BCUT2D eigenvalue weighted by atomic mass is 10.1. The van der Waals surface area contributed by atoms with Gasteiger partial charge in [-0.2, -0.15) is 0 Å². The van der Waals surface area contributed by atoms with Crippen LogP contribution in [0, 0.1) is 0 Å². The first-order valence-electron chi connectivity index (χ1n) is 10.9. The van der Waals surface area contributed by atoms with Crippen LogP contribution in [0.4, 0.5) is 0 Å². The number of rotatable bonds is 5. The molecule has 0 unspecified atom stereocenters. The molecule has 3 aliphatic rings. The number of quaternary nitrogens is 1. The molecule has 9 heteroatoms. The van der Waals surface area contributed by atoms with E-state index in [0.717, 1.165) is 67.2 Å². The fraction of sp³-hybridized carbons (Fsp3) is 0.391. The van der Waals surface area contributed by atoms with E-state index in [1.165, 1.54) is 0 Å². The van der Waals surface area contributed by atoms with Crippen LogP contribution in [0.3, 0.4) is 0 Å². The van der Waals surface area contributed by atoms with Gasteiger partial charge >= 0.3 is 5.91 Å². The third kappa shape index (κ3) is 3.87. The van der Waals surface area contributed by atoms with Gasteiger partial charge in [0.25, 0.3) is 0 Å². The molecular weight excluding hydrogens is 466 g/mol. The molecule has 32 heavy (non-hydrogen) atoms. The molecule has 0 radical (unpaired) electrons. The second-order valence-corrected chi connectivity index (χ2v) is 11.9. The minimum Gasteiger partial charge on any atom is -0.273 e. The van der Waals surface area contributed by atoms with Crippen molar-refractivity contribution in [3.8, 4) is 0 Å². The van der Waals surface area contributed by atoms with Crippen molar-refractivity contribution in [2.24, 2.45) is 4.99 Å². The van der Waals surface area contributed by atoms with E-state index in [1.54, 1.807) is 36.0 Å². The van der Waals surface area contributed by atoms with Crippen LogP contribution in [0.2, 0.25) is 5.02 Å². The van der Waals surface area contributed by atoms with E-state index in [0.29, 0.717) is 5.02 Å². The zero-order valence-electron chi connectivity index (χ0n) is 17.7. The molecule has 0 N–H and O–H groups in total. The molecule has 6 nitrogen and oxygen atoms in total. The number of sulfone groups is 1. The first-order chi connectivity index (χ1) is 15.4. The van der Waals surface area contributed by atoms with Gasteiger partial charge in [-0.1, -0.05) is 35.5 Å². The minimum atomic E-state index is -3.59. The Hall–Kier alpha value is -1.87. The number of amidine groups is 1. The second-order valence-electron chi connectivity index (χ2n) is 8.50. The molecule has 2 aromatic carbocycles. The lowest BCUT2D eigenvalue weighted by Gasteiger charge is -2.41. The Morgan fingerprint density at radius 3 is 2.66 bits per heavy atom. The Morgan fingerprint density at radius 2 is 1.84 bits per heavy atom. The zero-order valence-corrected chi connectivity index (χ0v) is 20.1. The smallest absolute Gasteiger partial charge is 0.273 e. The molecule has 3 aliphatic heterocycles. The van der Waals surface area contributed by atoms with Gasteiger partial charge in [-0.15, -0.1) is 0 Å². The minimum absolute atomic E-state index is 0.00328. The first kappa shape index (κ1) is 21.9. The van der Waals surface area contributed by atoms with Gasteiger partial charge in [-0.3, -0.25) is 9.89 Å². The number of aliphatic imine (C=N–C) groups is 1. The summed E-state index contributed by atoms with van der Waals surface area (Å²) < 4.78 is 26.5. The number of halogens is 1. The molecule has 2 aromatic rings. The van der Waals surface area contributed by atoms with Crippen molar-refractivity contribution in [2.75, 3.05) is 31.9 Å². The molecule has 0 aromatic heterocycles. The van der Waals surface area contributed by atoms with Crippen molar-refractivity contribution in [1.82, 2.24) is 4.90 Å². The van der Waals surface area contributed by atoms with Crippen molar-refractivity contribution in [3.63, 3.8) is 0 Å². The molecule has 1 saturated heterocycles. The Labute approximate surface area is 197 Å². The van der Waals surface area contributed by atoms with Gasteiger partial charge in [0.1, 0.15) is 0 Å². The molecule has 0 spiro atoms. The van der Waals surface area contributed by atoms with Gasteiger partial charge in [0.15, 0.2) is 15.0 Å². The van der Waals surface area contributed by atoms with E-state index in [4.69, 9.17) is 11.6 Å². The average Bonchev–Trinajstić information content (AvgIpc) is 3.42. The van der Waals surface area contributed by atoms with Crippen molar-refractivity contribution >= 4 is 55.0 Å². The number of nitrogens with zero attached hydrogens (tertiary/aromatic N) is 3. The standard InChI is InChI=1S/C23H25ClN3O3S2/c24-19-6-4-18-15-20(7-5-17(18)14-19)32(29,30)13-8-22(28)27(11-2-1-3-12-27)21-16-31-23-25-9-10-26(21)23/h4-7,14-16H,1-3,8-13H2/q+1. The van der Waals surface area contributed by atoms with E-state index in [1.807, 2.05) is 17.5 Å². The van der Waals surface area contributed by atoms with Gasteiger partial charge in [-0.05, 0) is 54.3 Å². The molecule has 168 valence electrons. The number of piperidine rings is 1. The van der Waals surface area contributed by atoms with Gasteiger partial charge in [0.05, 0.1) is 42.1 Å². The Balaban J connectivity index is 1.37. The highest BCUT2D eigenvalue weighted by Crippen LogP contribution is 2.38. The highest BCUT2D eigenvalue weighted by Gasteiger charge is 2.48. The number of benzene rings is 2. The number of thioether (sulfide) groups is 1. The molecule has 5 rings (SSSR count). The molecule has 0 atom stereocenters. The number of amides is 1. The van der Waals surface area contributed by atoms with Gasteiger partial charge < -0.3 is 0 Å². The number of fused-ring (bicyclic) bond motifs is 2. The number of carbonyl (C=O) groups excluding carboxylic acids is 1. The monoisotopic (exact) mass is 490 g/mol. The lowest BCUT2D eigenvalue weighted by molar-refractivity contribution is -0.829. The van der Waals surface area contributed by atoms with Crippen LogP contribution in [0.1, 0.15) is 25.7 Å². The lowest BCUT2D eigenvalue weighted by Crippen LogP contribution is -2.58. The molecule has 3 heterocycles. The van der Waals surface area contributed by atoms with Crippen molar-refractivity contribution in [2.45, 2.75) is 30.6 Å². The molecule has 0 aliphatic carbocycles. The van der Waals surface area contributed by atoms with Crippen LogP contribution in [0.25, 0.3) is 10.8 Å². The maximum atomic E-state index is 13.6. The summed E-state index contributed by atoms with van der Waals surface area (Å²) in [7, 11) is -3.59. The topological polar surface area (TPSA) is 66.8 Å². The molecule has 1 fully saturated rings.